The van der Waals surface area contributed by atoms with Gasteiger partial charge in [0.05, 0.1) is 11.8 Å². The molecule has 2 N–H and O–H groups in total. The largest absolute Gasteiger partial charge is 0.415 e. The first kappa shape index (κ1) is 28.9. The second-order valence-corrected chi connectivity index (χ2v) is 13.4. The Morgan fingerprint density at radius 2 is 1.44 bits per heavy atom. The van der Waals surface area contributed by atoms with Crippen molar-refractivity contribution in [1.29, 1.82) is 0 Å². The number of hydrazine groups is 1. The van der Waals surface area contributed by atoms with Crippen molar-refractivity contribution in [2.45, 2.75) is 65.5 Å². The fourth-order valence-electron chi connectivity index (χ4n) is 3.16. The van der Waals surface area contributed by atoms with Crippen LogP contribution in [-0.2, 0) is 16.4 Å². The molecule has 0 spiro atoms. The molecule has 8 nitrogen and oxygen atoms in total. The summed E-state index contributed by atoms with van der Waals surface area (Å²) >= 11 is 0. The van der Waals surface area contributed by atoms with Gasteiger partial charge in [0.1, 0.15) is 6.26 Å². The van der Waals surface area contributed by atoms with E-state index in [0.29, 0.717) is 17.0 Å². The number of aromatic nitrogens is 2. The summed E-state index contributed by atoms with van der Waals surface area (Å²) in [5.41, 5.74) is 7.75. The van der Waals surface area contributed by atoms with Gasteiger partial charge >= 0.3 is 0 Å². The number of hydrogen-bond donors (Lipinski definition) is 2. The molecule has 0 aliphatic carbocycles. The van der Waals surface area contributed by atoms with Gasteiger partial charge in [0.25, 0.3) is 11.8 Å². The molecule has 0 aliphatic rings. The number of carbonyl (C=O) groups is 2. The molecule has 194 valence electrons. The van der Waals surface area contributed by atoms with Gasteiger partial charge in [-0.3, -0.25) is 20.4 Å². The summed E-state index contributed by atoms with van der Waals surface area (Å²) in [6, 6.07) is 14.8. The van der Waals surface area contributed by atoms with Gasteiger partial charge in [-0.05, 0) is 66.6 Å². The standard InChI is InChI=1S/C25H36N2O3Si.C2H2N2O/c1-17(2)16-18-8-10-19(11-9-18)22(28)26-27-23(29)20-12-14-21(15-13-20)25(6,7)30-31-24(3,4)5;1-2-5-4-3-1/h8-15,17H,16,31H2,1-7H3,(H,26,28)(H,27,29);1-2H. The smallest absolute Gasteiger partial charge is 0.269 e. The van der Waals surface area contributed by atoms with E-state index >= 15 is 0 Å². The SMILES string of the molecule is CC(C)Cc1ccc(C(=O)NNC(=O)c2ccc(C(C)(C)O[SiH2]C(C)(C)C)cc2)cc1.c1conn1. The number of hydrogen-bond acceptors (Lipinski definition) is 6. The van der Waals surface area contributed by atoms with Gasteiger partial charge in [0.15, 0.2) is 9.76 Å². The van der Waals surface area contributed by atoms with E-state index in [1.54, 1.807) is 24.3 Å². The van der Waals surface area contributed by atoms with Crippen molar-refractivity contribution in [2.75, 3.05) is 0 Å². The fraction of sp³-hybridized carbons (Fsp3) is 0.407. The van der Waals surface area contributed by atoms with Crippen molar-refractivity contribution in [3.8, 4) is 0 Å². The second kappa shape index (κ2) is 13.1. The first-order valence-electron chi connectivity index (χ1n) is 12.0. The summed E-state index contributed by atoms with van der Waals surface area (Å²) in [6.07, 6.45) is 3.84. The molecule has 0 bridgehead atoms. The molecule has 0 aliphatic heterocycles. The third-order valence-corrected chi connectivity index (χ3v) is 6.87. The van der Waals surface area contributed by atoms with Crippen LogP contribution in [-0.4, -0.2) is 31.9 Å². The number of nitrogens with zero attached hydrogens (tertiary/aromatic N) is 2. The highest BCUT2D eigenvalue weighted by molar-refractivity contribution is 6.31. The lowest BCUT2D eigenvalue weighted by Gasteiger charge is -2.30. The van der Waals surface area contributed by atoms with Crippen LogP contribution in [0.1, 0.15) is 80.3 Å². The summed E-state index contributed by atoms with van der Waals surface area (Å²) in [6.45, 7) is 15.0. The molecule has 2 amide bonds. The van der Waals surface area contributed by atoms with Crippen LogP contribution >= 0.6 is 0 Å². The molecule has 3 aromatic rings. The van der Waals surface area contributed by atoms with Crippen molar-refractivity contribution < 1.29 is 18.5 Å². The highest BCUT2D eigenvalue weighted by Crippen LogP contribution is 2.29. The van der Waals surface area contributed by atoms with Gasteiger partial charge in [0.2, 0.25) is 0 Å². The van der Waals surface area contributed by atoms with E-state index < -0.39 is 15.4 Å². The van der Waals surface area contributed by atoms with Crippen LogP contribution in [0, 0.1) is 5.92 Å². The van der Waals surface area contributed by atoms with Crippen molar-refractivity contribution in [3.63, 3.8) is 0 Å². The number of carbonyl (C=O) groups excluding carboxylic acids is 2. The van der Waals surface area contributed by atoms with Gasteiger partial charge in [-0.25, -0.2) is 0 Å². The van der Waals surface area contributed by atoms with Crippen LogP contribution in [0.3, 0.4) is 0 Å². The summed E-state index contributed by atoms with van der Waals surface area (Å²) < 4.78 is 10.4. The Balaban J connectivity index is 0.000000809. The molecule has 0 radical (unpaired) electrons. The third kappa shape index (κ3) is 10.1. The van der Waals surface area contributed by atoms with Crippen LogP contribution in [0.5, 0.6) is 0 Å². The Kier molecular flexibility index (Phi) is 10.6. The highest BCUT2D eigenvalue weighted by Gasteiger charge is 2.24. The topological polar surface area (TPSA) is 106 Å². The summed E-state index contributed by atoms with van der Waals surface area (Å²) in [4.78, 5) is 24.7. The zero-order valence-corrected chi connectivity index (χ0v) is 23.7. The molecule has 0 saturated carbocycles. The van der Waals surface area contributed by atoms with Crippen LogP contribution in [0.15, 0.2) is 65.5 Å². The number of benzene rings is 2. The normalized spacial score (nSPS) is 11.8. The zero-order chi connectivity index (χ0) is 26.8. The van der Waals surface area contributed by atoms with Gasteiger partial charge in [0, 0.05) is 16.4 Å². The highest BCUT2D eigenvalue weighted by atomic mass is 28.2. The van der Waals surface area contributed by atoms with E-state index in [-0.39, 0.29) is 16.9 Å². The Hall–Kier alpha value is -3.30. The molecule has 36 heavy (non-hydrogen) atoms. The van der Waals surface area contributed by atoms with Crippen molar-refractivity contribution in [1.82, 2.24) is 21.2 Å². The number of rotatable bonds is 7. The Bertz CT molecular complexity index is 1060. The van der Waals surface area contributed by atoms with E-state index in [2.05, 4.69) is 60.4 Å². The fourth-order valence-corrected chi connectivity index (χ4v) is 4.12. The molecule has 9 heteroatoms. The predicted octanol–water partition coefficient (Wildman–Crippen LogP) is 4.58. The predicted molar refractivity (Wildman–Crippen MR) is 143 cm³/mol. The lowest BCUT2D eigenvalue weighted by molar-refractivity contribution is 0.0846. The van der Waals surface area contributed by atoms with Gasteiger partial charge in [-0.15, -0.1) is 5.10 Å². The maximum Gasteiger partial charge on any atom is 0.269 e. The average Bonchev–Trinajstić information content (AvgIpc) is 3.41. The van der Waals surface area contributed by atoms with E-state index in [0.717, 1.165) is 12.0 Å². The first-order chi connectivity index (χ1) is 16.9. The van der Waals surface area contributed by atoms with Crippen molar-refractivity contribution in [2.24, 2.45) is 5.92 Å². The Morgan fingerprint density at radius 3 is 1.83 bits per heavy atom. The number of amides is 2. The second-order valence-electron chi connectivity index (χ2n) is 10.7. The quantitative estimate of drug-likeness (QED) is 0.356. The lowest BCUT2D eigenvalue weighted by Crippen LogP contribution is -2.41. The minimum absolute atomic E-state index is 0.212. The van der Waals surface area contributed by atoms with Crippen LogP contribution < -0.4 is 10.9 Å². The molecule has 3 rings (SSSR count). The molecular weight excluding hydrogens is 472 g/mol. The van der Waals surface area contributed by atoms with E-state index in [4.69, 9.17) is 4.43 Å². The Labute approximate surface area is 216 Å². The molecule has 2 aromatic carbocycles. The summed E-state index contributed by atoms with van der Waals surface area (Å²) in [5.74, 6) is -0.148. The zero-order valence-electron chi connectivity index (χ0n) is 22.3. The molecule has 1 aromatic heterocycles. The maximum absolute atomic E-state index is 12.4. The molecule has 0 fully saturated rings. The lowest BCUT2D eigenvalue weighted by atomic mass is 9.97. The monoisotopic (exact) mass is 510 g/mol. The van der Waals surface area contributed by atoms with Gasteiger partial charge < -0.3 is 8.95 Å². The van der Waals surface area contributed by atoms with Gasteiger partial charge in [-0.2, -0.15) is 0 Å². The minimum atomic E-state index is -0.702. The van der Waals surface area contributed by atoms with E-state index in [1.807, 2.05) is 38.1 Å². The molecule has 0 saturated heterocycles. The summed E-state index contributed by atoms with van der Waals surface area (Å²) in [7, 11) is -0.702. The van der Waals surface area contributed by atoms with Crippen LogP contribution in [0.2, 0.25) is 5.04 Å². The maximum atomic E-state index is 12.4. The Morgan fingerprint density at radius 1 is 0.917 bits per heavy atom. The van der Waals surface area contributed by atoms with Crippen LogP contribution in [0.4, 0.5) is 0 Å². The number of nitrogens with one attached hydrogen (secondary N) is 2. The molecule has 0 unspecified atom stereocenters. The average molecular weight is 511 g/mol. The van der Waals surface area contributed by atoms with E-state index in [1.165, 1.54) is 18.0 Å². The van der Waals surface area contributed by atoms with Gasteiger partial charge in [-0.1, -0.05) is 58.9 Å². The minimum Gasteiger partial charge on any atom is -0.415 e. The van der Waals surface area contributed by atoms with E-state index in [9.17, 15) is 9.59 Å². The molecule has 0 atom stereocenters. The van der Waals surface area contributed by atoms with Crippen LogP contribution in [0.25, 0.3) is 0 Å². The third-order valence-electron chi connectivity index (χ3n) is 5.14. The summed E-state index contributed by atoms with van der Waals surface area (Å²) in [5, 5.41) is 6.62. The molecule has 1 heterocycles. The van der Waals surface area contributed by atoms with Crippen molar-refractivity contribution in [3.05, 3.63) is 83.2 Å². The molecular formula is C27H38N4O4Si. The van der Waals surface area contributed by atoms with Crippen molar-refractivity contribution >= 4 is 21.6 Å². The first-order valence-corrected chi connectivity index (χ1v) is 13.3.